The molecule has 0 spiro atoms. The van der Waals surface area contributed by atoms with E-state index >= 15 is 0 Å². The summed E-state index contributed by atoms with van der Waals surface area (Å²) in [6.07, 6.45) is 0. The van der Waals surface area contributed by atoms with Crippen molar-refractivity contribution in [3.63, 3.8) is 0 Å². The molecule has 1 nitrogen and oxygen atoms in total. The summed E-state index contributed by atoms with van der Waals surface area (Å²) in [5.74, 6) is 0. The molecule has 0 fully saturated rings. The summed E-state index contributed by atoms with van der Waals surface area (Å²) in [6, 6.07) is 16.6. The molecule has 1 aliphatic heterocycles. The van der Waals surface area contributed by atoms with E-state index in [9.17, 15) is 0 Å². The predicted molar refractivity (Wildman–Crippen MR) is 83.8 cm³/mol. The van der Waals surface area contributed by atoms with Crippen LogP contribution in [-0.2, 0) is 0 Å². The Hall–Kier alpha value is -1.38. The number of hydrogen-bond acceptors (Lipinski definition) is 1. The molecule has 0 radical (unpaired) electrons. The van der Waals surface area contributed by atoms with Crippen molar-refractivity contribution >= 4 is 28.8 Å². The van der Waals surface area contributed by atoms with Gasteiger partial charge in [0.15, 0.2) is 0 Å². The highest BCUT2D eigenvalue weighted by atomic mass is 35.5. The highest BCUT2D eigenvalue weighted by Crippen LogP contribution is 2.39. The molecule has 19 heavy (non-hydrogen) atoms. The molecule has 0 aliphatic carbocycles. The van der Waals surface area contributed by atoms with E-state index < -0.39 is 0 Å². The fourth-order valence-corrected chi connectivity index (χ4v) is 3.32. The third-order valence-electron chi connectivity index (χ3n) is 3.57. The van der Waals surface area contributed by atoms with Crippen molar-refractivity contribution in [3.8, 4) is 0 Å². The molecular weight excluding hydrogens is 274 g/mol. The molecule has 0 aromatic heterocycles. The summed E-state index contributed by atoms with van der Waals surface area (Å²) in [4.78, 5) is 3.18. The van der Waals surface area contributed by atoms with Crippen molar-refractivity contribution in [1.82, 2.24) is 4.90 Å². The lowest BCUT2D eigenvalue weighted by atomic mass is 9.98. The Kier molecular flexibility index (Phi) is 3.29. The monoisotopic (exact) mass is 287 g/mol. The van der Waals surface area contributed by atoms with Crippen LogP contribution in [0.1, 0.15) is 29.7 Å². The number of hydrogen-bond donors (Lipinski definition) is 0. The average Bonchev–Trinajstić information content (AvgIpc) is 2.71. The molecule has 2 aromatic rings. The van der Waals surface area contributed by atoms with Gasteiger partial charge < -0.3 is 4.90 Å². The highest BCUT2D eigenvalue weighted by Gasteiger charge is 2.33. The third kappa shape index (κ3) is 2.05. The van der Waals surface area contributed by atoms with Crippen LogP contribution in [0.2, 0.25) is 5.02 Å². The lowest BCUT2D eigenvalue weighted by Gasteiger charge is -2.26. The molecule has 1 aliphatic rings. The Balaban J connectivity index is 2.18. The molecule has 96 valence electrons. The largest absolute Gasteiger partial charge is 0.351 e. The smallest absolute Gasteiger partial charge is 0.110 e. The van der Waals surface area contributed by atoms with Gasteiger partial charge in [-0.15, -0.1) is 0 Å². The molecule has 3 heteroatoms. The molecule has 3 rings (SSSR count). The van der Waals surface area contributed by atoms with Gasteiger partial charge in [0.05, 0.1) is 6.04 Å². The summed E-state index contributed by atoms with van der Waals surface area (Å²) >= 11 is 11.8. The molecule has 1 heterocycles. The Morgan fingerprint density at radius 1 is 1.16 bits per heavy atom. The zero-order valence-electron chi connectivity index (χ0n) is 10.6. The van der Waals surface area contributed by atoms with E-state index in [0.717, 1.165) is 22.1 Å². The Morgan fingerprint density at radius 3 is 2.58 bits per heavy atom. The van der Waals surface area contributed by atoms with Crippen molar-refractivity contribution in [2.45, 2.75) is 13.0 Å². The van der Waals surface area contributed by atoms with Gasteiger partial charge in [-0.1, -0.05) is 60.2 Å². The van der Waals surface area contributed by atoms with Crippen LogP contribution in [0.3, 0.4) is 0 Å². The van der Waals surface area contributed by atoms with Crippen LogP contribution >= 0.6 is 23.8 Å². The second-order valence-electron chi connectivity index (χ2n) is 4.64. The molecule has 2 aromatic carbocycles. The molecule has 0 bridgehead atoms. The summed E-state index contributed by atoms with van der Waals surface area (Å²) < 4.78 is 0. The number of thiocarbonyl (C=S) groups is 1. The van der Waals surface area contributed by atoms with Gasteiger partial charge in [0, 0.05) is 17.1 Å². The number of nitrogens with zero attached hydrogens (tertiary/aromatic N) is 1. The van der Waals surface area contributed by atoms with Crippen LogP contribution in [0.4, 0.5) is 0 Å². The molecule has 0 amide bonds. The van der Waals surface area contributed by atoms with E-state index in [4.69, 9.17) is 23.8 Å². The van der Waals surface area contributed by atoms with Gasteiger partial charge >= 0.3 is 0 Å². The minimum Gasteiger partial charge on any atom is -0.351 e. The first-order valence-electron chi connectivity index (χ1n) is 6.37. The minimum absolute atomic E-state index is 0.187. The van der Waals surface area contributed by atoms with Gasteiger partial charge in [0.1, 0.15) is 4.99 Å². The Labute approximate surface area is 123 Å². The second-order valence-corrected chi connectivity index (χ2v) is 5.46. The Morgan fingerprint density at radius 2 is 1.89 bits per heavy atom. The predicted octanol–water partition coefficient (Wildman–Crippen LogP) is 4.44. The normalized spacial score (nSPS) is 17.7. The van der Waals surface area contributed by atoms with Gasteiger partial charge in [0.2, 0.25) is 0 Å². The van der Waals surface area contributed by atoms with E-state index in [-0.39, 0.29) is 6.04 Å². The van der Waals surface area contributed by atoms with Gasteiger partial charge in [-0.25, -0.2) is 0 Å². The first-order chi connectivity index (χ1) is 9.22. The van der Waals surface area contributed by atoms with Crippen molar-refractivity contribution in [3.05, 3.63) is 70.2 Å². The topological polar surface area (TPSA) is 3.24 Å². The summed E-state index contributed by atoms with van der Waals surface area (Å²) in [6.45, 7) is 3.03. The van der Waals surface area contributed by atoms with Crippen molar-refractivity contribution < 1.29 is 0 Å². The van der Waals surface area contributed by atoms with E-state index in [1.165, 1.54) is 11.1 Å². The van der Waals surface area contributed by atoms with Crippen LogP contribution in [-0.4, -0.2) is 16.4 Å². The molecular formula is C16H14ClNS. The van der Waals surface area contributed by atoms with Gasteiger partial charge in [-0.2, -0.15) is 0 Å². The van der Waals surface area contributed by atoms with Crippen LogP contribution in [0.25, 0.3) is 0 Å². The molecule has 0 saturated heterocycles. The van der Waals surface area contributed by atoms with Crippen molar-refractivity contribution in [1.29, 1.82) is 0 Å². The fourth-order valence-electron chi connectivity index (χ4n) is 2.72. The van der Waals surface area contributed by atoms with Gasteiger partial charge in [-0.3, -0.25) is 0 Å². The van der Waals surface area contributed by atoms with Gasteiger partial charge in [-0.05, 0) is 30.2 Å². The number of fused-ring (bicyclic) bond motifs is 1. The van der Waals surface area contributed by atoms with Gasteiger partial charge in [0.25, 0.3) is 0 Å². The zero-order chi connectivity index (χ0) is 13.4. The lowest BCUT2D eigenvalue weighted by molar-refractivity contribution is 0.399. The van der Waals surface area contributed by atoms with E-state index in [1.54, 1.807) is 0 Å². The fraction of sp³-hybridized carbons (Fsp3) is 0.188. The highest BCUT2D eigenvalue weighted by molar-refractivity contribution is 7.80. The molecule has 0 N–H and O–H groups in total. The number of halogens is 1. The SMILES string of the molecule is CCN1C(=S)c2ccc(Cl)cc2C1c1ccccc1. The molecule has 1 atom stereocenters. The van der Waals surface area contributed by atoms with E-state index in [0.29, 0.717) is 0 Å². The second kappa shape index (κ2) is 4.95. The third-order valence-corrected chi connectivity index (χ3v) is 4.26. The average molecular weight is 288 g/mol. The maximum Gasteiger partial charge on any atom is 0.110 e. The molecule has 1 unspecified atom stereocenters. The minimum atomic E-state index is 0.187. The maximum atomic E-state index is 6.15. The molecule has 0 saturated carbocycles. The summed E-state index contributed by atoms with van der Waals surface area (Å²) in [5, 5.41) is 0.764. The van der Waals surface area contributed by atoms with Crippen LogP contribution in [0.15, 0.2) is 48.5 Å². The van der Waals surface area contributed by atoms with Crippen molar-refractivity contribution in [2.24, 2.45) is 0 Å². The van der Waals surface area contributed by atoms with E-state index in [2.05, 4.69) is 36.1 Å². The first kappa shape index (κ1) is 12.6. The standard InChI is InChI=1S/C16H14ClNS/c1-2-18-15(11-6-4-3-5-7-11)14-10-12(17)8-9-13(14)16(18)19/h3-10,15H,2H2,1H3. The van der Waals surface area contributed by atoms with E-state index in [1.807, 2.05) is 24.3 Å². The van der Waals surface area contributed by atoms with Crippen LogP contribution < -0.4 is 0 Å². The lowest BCUT2D eigenvalue weighted by Crippen LogP contribution is -2.27. The van der Waals surface area contributed by atoms with Crippen molar-refractivity contribution in [2.75, 3.05) is 6.54 Å². The summed E-state index contributed by atoms with van der Waals surface area (Å²) in [5.41, 5.74) is 3.60. The van der Waals surface area contributed by atoms with Crippen LogP contribution in [0, 0.1) is 0 Å². The van der Waals surface area contributed by atoms with Crippen LogP contribution in [0.5, 0.6) is 0 Å². The zero-order valence-corrected chi connectivity index (χ0v) is 12.2. The number of rotatable bonds is 2. The first-order valence-corrected chi connectivity index (χ1v) is 7.16. The maximum absolute atomic E-state index is 6.15. The summed E-state index contributed by atoms with van der Waals surface area (Å²) in [7, 11) is 0. The quantitative estimate of drug-likeness (QED) is 0.751. The Bertz CT molecular complexity index is 624. The number of benzene rings is 2.